The van der Waals surface area contributed by atoms with Gasteiger partial charge in [-0.25, -0.2) is 4.98 Å². The van der Waals surface area contributed by atoms with Gasteiger partial charge in [0, 0.05) is 19.3 Å². The van der Waals surface area contributed by atoms with Crippen molar-refractivity contribution in [1.82, 2.24) is 9.88 Å². The molecule has 18 heavy (non-hydrogen) atoms. The van der Waals surface area contributed by atoms with Crippen LogP contribution >= 0.6 is 0 Å². The molecule has 1 heterocycles. The number of amides is 1. The zero-order valence-electron chi connectivity index (χ0n) is 11.1. The molecule has 0 aromatic carbocycles. The lowest BCUT2D eigenvalue weighted by Gasteiger charge is -2.22. The Bertz CT molecular complexity index is 416. The number of ether oxygens (including phenoxy) is 1. The van der Waals surface area contributed by atoms with Gasteiger partial charge in [0.25, 0.3) is 5.91 Å². The van der Waals surface area contributed by atoms with Crippen LogP contribution in [0.15, 0.2) is 18.3 Å². The van der Waals surface area contributed by atoms with E-state index in [0.717, 1.165) is 19.5 Å². The van der Waals surface area contributed by atoms with Gasteiger partial charge < -0.3 is 9.64 Å². The van der Waals surface area contributed by atoms with Gasteiger partial charge in [-0.05, 0) is 37.3 Å². The zero-order valence-corrected chi connectivity index (χ0v) is 11.1. The van der Waals surface area contributed by atoms with E-state index >= 15 is 0 Å². The number of hydrogen-bond acceptors (Lipinski definition) is 3. The largest absolute Gasteiger partial charge is 0.480 e. The third-order valence-electron chi connectivity index (χ3n) is 3.15. The summed E-state index contributed by atoms with van der Waals surface area (Å²) in [6.45, 7) is 3.76. The molecule has 0 N–H and O–H groups in total. The molecule has 0 unspecified atom stereocenters. The van der Waals surface area contributed by atoms with Gasteiger partial charge in [0.15, 0.2) is 0 Å². The number of pyridine rings is 1. The second-order valence-electron chi connectivity index (χ2n) is 4.75. The van der Waals surface area contributed by atoms with Crippen molar-refractivity contribution < 1.29 is 9.53 Å². The number of rotatable bonds is 6. The minimum Gasteiger partial charge on any atom is -0.480 e. The molecule has 1 aliphatic carbocycles. The number of hydrogen-bond donors (Lipinski definition) is 0. The molecule has 4 heteroatoms. The highest BCUT2D eigenvalue weighted by atomic mass is 16.5. The van der Waals surface area contributed by atoms with Crippen molar-refractivity contribution in [3.05, 3.63) is 23.9 Å². The van der Waals surface area contributed by atoms with Crippen LogP contribution in [0.5, 0.6) is 5.88 Å². The fourth-order valence-corrected chi connectivity index (χ4v) is 2.04. The van der Waals surface area contributed by atoms with Crippen molar-refractivity contribution >= 4 is 5.91 Å². The second-order valence-corrected chi connectivity index (χ2v) is 4.75. The fourth-order valence-electron chi connectivity index (χ4n) is 2.04. The highest BCUT2D eigenvalue weighted by Gasteiger charge is 2.28. The van der Waals surface area contributed by atoms with E-state index in [2.05, 4.69) is 11.9 Å². The van der Waals surface area contributed by atoms with Gasteiger partial charge in [0.2, 0.25) is 5.88 Å². The first kappa shape index (κ1) is 12.9. The van der Waals surface area contributed by atoms with Crippen LogP contribution in [0.4, 0.5) is 0 Å². The van der Waals surface area contributed by atoms with Crippen molar-refractivity contribution in [3.63, 3.8) is 0 Å². The Labute approximate surface area is 108 Å². The Kier molecular flexibility index (Phi) is 4.18. The summed E-state index contributed by atoms with van der Waals surface area (Å²) < 4.78 is 5.16. The summed E-state index contributed by atoms with van der Waals surface area (Å²) in [5, 5.41) is 0. The van der Waals surface area contributed by atoms with E-state index in [1.807, 2.05) is 4.90 Å². The molecule has 1 aromatic rings. The molecule has 1 amide bonds. The van der Waals surface area contributed by atoms with Gasteiger partial charge in [-0.2, -0.15) is 0 Å². The molecule has 0 radical (unpaired) electrons. The molecule has 0 aliphatic heterocycles. The van der Waals surface area contributed by atoms with Crippen molar-refractivity contribution in [1.29, 1.82) is 0 Å². The van der Waals surface area contributed by atoms with E-state index < -0.39 is 0 Å². The van der Waals surface area contributed by atoms with Gasteiger partial charge in [0.05, 0.1) is 7.11 Å². The molecule has 0 atom stereocenters. The molecule has 0 saturated heterocycles. The van der Waals surface area contributed by atoms with E-state index in [1.165, 1.54) is 12.8 Å². The van der Waals surface area contributed by atoms with E-state index in [4.69, 9.17) is 4.74 Å². The predicted molar refractivity (Wildman–Crippen MR) is 69.7 cm³/mol. The first-order chi connectivity index (χ1) is 8.76. The maximum atomic E-state index is 12.5. The Morgan fingerprint density at radius 1 is 1.56 bits per heavy atom. The van der Waals surface area contributed by atoms with Crippen molar-refractivity contribution in [2.45, 2.75) is 26.2 Å². The highest BCUT2D eigenvalue weighted by Crippen LogP contribution is 2.30. The number of nitrogens with zero attached hydrogens (tertiary/aromatic N) is 2. The van der Waals surface area contributed by atoms with Crippen molar-refractivity contribution in [2.24, 2.45) is 5.92 Å². The molecular formula is C14H20N2O2. The number of carbonyl (C=O) groups excluding carboxylic acids is 1. The molecular weight excluding hydrogens is 228 g/mol. The summed E-state index contributed by atoms with van der Waals surface area (Å²) in [5.41, 5.74) is 0.564. The summed E-state index contributed by atoms with van der Waals surface area (Å²) in [5.74, 6) is 1.15. The van der Waals surface area contributed by atoms with E-state index in [9.17, 15) is 4.79 Å². The van der Waals surface area contributed by atoms with Crippen LogP contribution in [0, 0.1) is 5.92 Å². The maximum Gasteiger partial charge on any atom is 0.259 e. The summed E-state index contributed by atoms with van der Waals surface area (Å²) in [4.78, 5) is 18.5. The Balaban J connectivity index is 2.15. The lowest BCUT2D eigenvalue weighted by atomic mass is 10.2. The third-order valence-corrected chi connectivity index (χ3v) is 3.15. The maximum absolute atomic E-state index is 12.5. The van der Waals surface area contributed by atoms with Crippen LogP contribution in [-0.2, 0) is 0 Å². The van der Waals surface area contributed by atoms with Crippen LogP contribution in [0.2, 0.25) is 0 Å². The first-order valence-corrected chi connectivity index (χ1v) is 6.54. The van der Waals surface area contributed by atoms with E-state index in [1.54, 1.807) is 25.4 Å². The molecule has 4 nitrogen and oxygen atoms in total. The Hall–Kier alpha value is -1.58. The normalized spacial score (nSPS) is 14.3. The lowest BCUT2D eigenvalue weighted by molar-refractivity contribution is 0.0743. The van der Waals surface area contributed by atoms with Crippen LogP contribution < -0.4 is 4.74 Å². The van der Waals surface area contributed by atoms with Gasteiger partial charge >= 0.3 is 0 Å². The number of methoxy groups -OCH3 is 1. The summed E-state index contributed by atoms with van der Waals surface area (Å²) >= 11 is 0. The minimum atomic E-state index is 0.0358. The van der Waals surface area contributed by atoms with Gasteiger partial charge in [-0.1, -0.05) is 6.92 Å². The van der Waals surface area contributed by atoms with E-state index in [0.29, 0.717) is 17.4 Å². The molecule has 1 fully saturated rings. The molecule has 0 spiro atoms. The highest BCUT2D eigenvalue weighted by molar-refractivity contribution is 5.96. The topological polar surface area (TPSA) is 42.4 Å². The predicted octanol–water partition coefficient (Wildman–Crippen LogP) is 2.35. The minimum absolute atomic E-state index is 0.0358. The fraction of sp³-hybridized carbons (Fsp3) is 0.571. The van der Waals surface area contributed by atoms with Gasteiger partial charge in [-0.3, -0.25) is 4.79 Å². The molecule has 1 aliphatic rings. The van der Waals surface area contributed by atoms with Gasteiger partial charge in [-0.15, -0.1) is 0 Å². The standard InChI is InChI=1S/C14H20N2O2/c1-3-9-16(10-11-6-7-11)14(17)12-5-4-8-15-13(12)18-2/h4-5,8,11H,3,6-7,9-10H2,1-2H3. The van der Waals surface area contributed by atoms with Crippen LogP contribution in [-0.4, -0.2) is 36.0 Å². The molecule has 98 valence electrons. The quantitative estimate of drug-likeness (QED) is 0.776. The lowest BCUT2D eigenvalue weighted by Crippen LogP contribution is -2.34. The Morgan fingerprint density at radius 2 is 2.33 bits per heavy atom. The van der Waals surface area contributed by atoms with Gasteiger partial charge in [0.1, 0.15) is 5.56 Å². The average Bonchev–Trinajstić information content (AvgIpc) is 3.21. The smallest absolute Gasteiger partial charge is 0.259 e. The monoisotopic (exact) mass is 248 g/mol. The SMILES string of the molecule is CCCN(CC1CC1)C(=O)c1cccnc1OC. The average molecular weight is 248 g/mol. The second kappa shape index (κ2) is 5.85. The number of aromatic nitrogens is 1. The summed E-state index contributed by atoms with van der Waals surface area (Å²) in [6.07, 6.45) is 5.11. The number of carbonyl (C=O) groups is 1. The molecule has 1 saturated carbocycles. The Morgan fingerprint density at radius 3 is 2.94 bits per heavy atom. The third kappa shape index (κ3) is 3.00. The van der Waals surface area contributed by atoms with Crippen molar-refractivity contribution in [3.8, 4) is 5.88 Å². The first-order valence-electron chi connectivity index (χ1n) is 6.54. The van der Waals surface area contributed by atoms with Crippen LogP contribution in [0.3, 0.4) is 0 Å². The van der Waals surface area contributed by atoms with Crippen LogP contribution in [0.25, 0.3) is 0 Å². The van der Waals surface area contributed by atoms with Crippen molar-refractivity contribution in [2.75, 3.05) is 20.2 Å². The summed E-state index contributed by atoms with van der Waals surface area (Å²) in [6, 6.07) is 3.56. The zero-order chi connectivity index (χ0) is 13.0. The van der Waals surface area contributed by atoms with Crippen LogP contribution in [0.1, 0.15) is 36.5 Å². The summed E-state index contributed by atoms with van der Waals surface area (Å²) in [7, 11) is 1.55. The molecule has 2 rings (SSSR count). The van der Waals surface area contributed by atoms with E-state index in [-0.39, 0.29) is 5.91 Å². The molecule has 1 aromatic heterocycles. The molecule has 0 bridgehead atoms.